The summed E-state index contributed by atoms with van der Waals surface area (Å²) in [5.41, 5.74) is 3.99. The van der Waals surface area contributed by atoms with E-state index in [1.807, 2.05) is 6.20 Å². The first kappa shape index (κ1) is 12.9. The van der Waals surface area contributed by atoms with Gasteiger partial charge in [0, 0.05) is 37.4 Å². The zero-order valence-electron chi connectivity index (χ0n) is 11.6. The van der Waals surface area contributed by atoms with E-state index >= 15 is 0 Å². The third kappa shape index (κ3) is 2.48. The summed E-state index contributed by atoms with van der Waals surface area (Å²) in [7, 11) is 2.11. The van der Waals surface area contributed by atoms with E-state index < -0.39 is 0 Å². The van der Waals surface area contributed by atoms with E-state index in [9.17, 15) is 0 Å². The van der Waals surface area contributed by atoms with Crippen LogP contribution >= 0.6 is 0 Å². The number of hydrogen-bond donors (Lipinski definition) is 2. The van der Waals surface area contributed by atoms with Gasteiger partial charge in [-0.2, -0.15) is 0 Å². The molecule has 2 N–H and O–H groups in total. The summed E-state index contributed by atoms with van der Waals surface area (Å²) in [4.78, 5) is 7.50. The second kappa shape index (κ2) is 5.40. The number of nitrogens with zero attached hydrogens (tertiary/aromatic N) is 2. The molecule has 2 aromatic heterocycles. The van der Waals surface area contributed by atoms with Crippen LogP contribution in [0.5, 0.6) is 0 Å². The van der Waals surface area contributed by atoms with Crippen molar-refractivity contribution in [2.75, 3.05) is 0 Å². The van der Waals surface area contributed by atoms with Gasteiger partial charge in [0.1, 0.15) is 5.82 Å². The first-order valence-corrected chi connectivity index (χ1v) is 6.48. The SMILES string of the molecule is CCC(NCc1cc(C)n(C)c1C)c1ncc[nH]1. The van der Waals surface area contributed by atoms with Gasteiger partial charge in [-0.25, -0.2) is 4.98 Å². The lowest BCUT2D eigenvalue weighted by Crippen LogP contribution is -2.21. The fourth-order valence-electron chi connectivity index (χ4n) is 2.25. The summed E-state index contributed by atoms with van der Waals surface area (Å²) < 4.78 is 2.23. The Balaban J connectivity index is 2.04. The molecule has 2 aromatic rings. The molecule has 0 amide bonds. The lowest BCUT2D eigenvalue weighted by molar-refractivity contribution is 0.497. The molecular weight excluding hydrogens is 224 g/mol. The number of H-pyrrole nitrogens is 1. The Bertz CT molecular complexity index is 496. The van der Waals surface area contributed by atoms with E-state index in [0.29, 0.717) is 6.04 Å². The van der Waals surface area contributed by atoms with Gasteiger partial charge >= 0.3 is 0 Å². The highest BCUT2D eigenvalue weighted by Crippen LogP contribution is 2.16. The van der Waals surface area contributed by atoms with Crippen LogP contribution in [0, 0.1) is 13.8 Å². The highest BCUT2D eigenvalue weighted by Gasteiger charge is 2.12. The average molecular weight is 246 g/mol. The monoisotopic (exact) mass is 246 g/mol. The summed E-state index contributed by atoms with van der Waals surface area (Å²) in [6, 6.07) is 2.54. The number of aryl methyl sites for hydroxylation is 1. The molecule has 0 aliphatic rings. The molecule has 1 unspecified atom stereocenters. The van der Waals surface area contributed by atoms with E-state index in [-0.39, 0.29) is 0 Å². The van der Waals surface area contributed by atoms with Crippen LogP contribution in [0.2, 0.25) is 0 Å². The molecule has 0 aliphatic heterocycles. The maximum absolute atomic E-state index is 4.32. The minimum Gasteiger partial charge on any atom is -0.352 e. The molecule has 1 atom stereocenters. The Morgan fingerprint density at radius 1 is 1.44 bits per heavy atom. The van der Waals surface area contributed by atoms with E-state index in [0.717, 1.165) is 18.8 Å². The van der Waals surface area contributed by atoms with Gasteiger partial charge in [0.2, 0.25) is 0 Å². The van der Waals surface area contributed by atoms with Crippen LogP contribution < -0.4 is 5.32 Å². The molecule has 0 saturated carbocycles. The van der Waals surface area contributed by atoms with Crippen LogP contribution in [0.25, 0.3) is 0 Å². The van der Waals surface area contributed by atoms with Crippen LogP contribution in [-0.4, -0.2) is 14.5 Å². The van der Waals surface area contributed by atoms with Gasteiger partial charge in [0.25, 0.3) is 0 Å². The van der Waals surface area contributed by atoms with Crippen molar-refractivity contribution in [3.8, 4) is 0 Å². The van der Waals surface area contributed by atoms with Gasteiger partial charge in [-0.3, -0.25) is 0 Å². The highest BCUT2D eigenvalue weighted by molar-refractivity contribution is 5.26. The number of imidazole rings is 1. The second-order valence-electron chi connectivity index (χ2n) is 4.77. The van der Waals surface area contributed by atoms with Crippen molar-refractivity contribution in [3.05, 3.63) is 41.2 Å². The fourth-order valence-corrected chi connectivity index (χ4v) is 2.25. The largest absolute Gasteiger partial charge is 0.352 e. The Morgan fingerprint density at radius 2 is 2.22 bits per heavy atom. The summed E-state index contributed by atoms with van der Waals surface area (Å²) in [5.74, 6) is 1.02. The van der Waals surface area contributed by atoms with Crippen LogP contribution in [0.15, 0.2) is 18.5 Å². The minimum atomic E-state index is 0.292. The molecule has 0 radical (unpaired) electrons. The lowest BCUT2D eigenvalue weighted by Gasteiger charge is -2.14. The van der Waals surface area contributed by atoms with Crippen molar-refractivity contribution >= 4 is 0 Å². The molecule has 2 rings (SSSR count). The van der Waals surface area contributed by atoms with E-state index in [1.54, 1.807) is 6.20 Å². The predicted octanol–water partition coefficient (Wildman–Crippen LogP) is 2.61. The topological polar surface area (TPSA) is 45.6 Å². The number of nitrogens with one attached hydrogen (secondary N) is 2. The molecule has 2 heterocycles. The first-order valence-electron chi connectivity index (χ1n) is 6.48. The van der Waals surface area contributed by atoms with Crippen molar-refractivity contribution < 1.29 is 0 Å². The third-order valence-corrected chi connectivity index (χ3v) is 3.68. The molecule has 0 fully saturated rings. The fraction of sp³-hybridized carbons (Fsp3) is 0.500. The van der Waals surface area contributed by atoms with Gasteiger partial charge in [0.15, 0.2) is 0 Å². The van der Waals surface area contributed by atoms with Gasteiger partial charge in [-0.15, -0.1) is 0 Å². The molecule has 98 valence electrons. The van der Waals surface area contributed by atoms with Crippen molar-refractivity contribution in [1.29, 1.82) is 0 Å². The molecule has 0 saturated heterocycles. The number of hydrogen-bond acceptors (Lipinski definition) is 2. The summed E-state index contributed by atoms with van der Waals surface area (Å²) in [6.45, 7) is 7.36. The average Bonchev–Trinajstić information content (AvgIpc) is 2.96. The minimum absolute atomic E-state index is 0.292. The molecule has 0 spiro atoms. The van der Waals surface area contributed by atoms with E-state index in [2.05, 4.69) is 53.7 Å². The van der Waals surface area contributed by atoms with Crippen molar-refractivity contribution in [3.63, 3.8) is 0 Å². The van der Waals surface area contributed by atoms with E-state index in [4.69, 9.17) is 0 Å². The van der Waals surface area contributed by atoms with Crippen molar-refractivity contribution in [1.82, 2.24) is 19.9 Å². The number of aromatic nitrogens is 3. The summed E-state index contributed by atoms with van der Waals surface area (Å²) in [6.07, 6.45) is 4.70. The summed E-state index contributed by atoms with van der Waals surface area (Å²) in [5, 5.41) is 3.56. The summed E-state index contributed by atoms with van der Waals surface area (Å²) >= 11 is 0. The van der Waals surface area contributed by atoms with Gasteiger partial charge < -0.3 is 14.9 Å². The first-order chi connectivity index (χ1) is 8.63. The zero-order valence-corrected chi connectivity index (χ0v) is 11.6. The van der Waals surface area contributed by atoms with Gasteiger partial charge in [0.05, 0.1) is 6.04 Å². The molecule has 0 aliphatic carbocycles. The molecule has 0 aromatic carbocycles. The van der Waals surface area contributed by atoms with Crippen LogP contribution in [0.3, 0.4) is 0 Å². The Morgan fingerprint density at radius 3 is 2.72 bits per heavy atom. The van der Waals surface area contributed by atoms with Gasteiger partial charge in [-0.05, 0) is 31.9 Å². The van der Waals surface area contributed by atoms with Crippen LogP contribution in [0.4, 0.5) is 0 Å². The van der Waals surface area contributed by atoms with Crippen molar-refractivity contribution in [2.45, 2.75) is 39.8 Å². The lowest BCUT2D eigenvalue weighted by atomic mass is 10.2. The number of rotatable bonds is 5. The highest BCUT2D eigenvalue weighted by atomic mass is 15.0. The maximum Gasteiger partial charge on any atom is 0.123 e. The second-order valence-corrected chi connectivity index (χ2v) is 4.77. The number of aromatic amines is 1. The molecular formula is C14H22N4. The maximum atomic E-state index is 4.32. The molecule has 0 bridgehead atoms. The predicted molar refractivity (Wildman–Crippen MR) is 73.3 cm³/mol. The molecule has 4 heteroatoms. The van der Waals surface area contributed by atoms with E-state index in [1.165, 1.54) is 17.0 Å². The van der Waals surface area contributed by atoms with Crippen LogP contribution in [0.1, 0.15) is 42.2 Å². The van der Waals surface area contributed by atoms with Gasteiger partial charge in [-0.1, -0.05) is 6.92 Å². The Labute approximate surface area is 108 Å². The Hall–Kier alpha value is -1.55. The standard InChI is InChI=1S/C14H22N4/c1-5-13(14-15-6-7-16-14)17-9-12-8-10(2)18(4)11(12)3/h6-8,13,17H,5,9H2,1-4H3,(H,15,16). The molecule has 4 nitrogen and oxygen atoms in total. The quantitative estimate of drug-likeness (QED) is 0.852. The smallest absolute Gasteiger partial charge is 0.123 e. The van der Waals surface area contributed by atoms with Crippen LogP contribution in [-0.2, 0) is 13.6 Å². The van der Waals surface area contributed by atoms with Crippen molar-refractivity contribution in [2.24, 2.45) is 7.05 Å². The molecule has 18 heavy (non-hydrogen) atoms. The Kier molecular flexibility index (Phi) is 3.87. The zero-order chi connectivity index (χ0) is 13.1. The third-order valence-electron chi connectivity index (χ3n) is 3.68. The normalized spacial score (nSPS) is 12.9.